The van der Waals surface area contributed by atoms with Crippen LogP contribution in [-0.4, -0.2) is 33.4 Å². The summed E-state index contributed by atoms with van der Waals surface area (Å²) in [6, 6.07) is 0. The van der Waals surface area contributed by atoms with E-state index in [0.29, 0.717) is 5.92 Å². The van der Waals surface area contributed by atoms with Crippen molar-refractivity contribution in [2.24, 2.45) is 0 Å². The highest BCUT2D eigenvalue weighted by Crippen LogP contribution is 2.38. The molecule has 0 aromatic carbocycles. The van der Waals surface area contributed by atoms with Crippen LogP contribution in [-0.2, 0) is 4.74 Å². The lowest BCUT2D eigenvalue weighted by molar-refractivity contribution is 0.0848. The van der Waals surface area contributed by atoms with Crippen LogP contribution in [0.25, 0.3) is 20.4 Å². The Kier molecular flexibility index (Phi) is 3.08. The van der Waals surface area contributed by atoms with Crippen LogP contribution in [0, 0.1) is 13.8 Å². The summed E-state index contributed by atoms with van der Waals surface area (Å²) in [6.45, 7) is 5.72. The van der Waals surface area contributed by atoms with Crippen molar-refractivity contribution in [2.75, 3.05) is 13.2 Å². The molecule has 0 spiro atoms. The summed E-state index contributed by atoms with van der Waals surface area (Å²) >= 11 is 1.67. The van der Waals surface area contributed by atoms with Crippen LogP contribution < -0.4 is 0 Å². The zero-order valence-electron chi connectivity index (χ0n) is 12.1. The van der Waals surface area contributed by atoms with Gasteiger partial charge in [-0.3, -0.25) is 0 Å². The summed E-state index contributed by atoms with van der Waals surface area (Å²) in [5.74, 6) is 0.465. The summed E-state index contributed by atoms with van der Waals surface area (Å²) in [6.07, 6.45) is 3.75. The molecular formula is C15H16N4OS. The summed E-state index contributed by atoms with van der Waals surface area (Å²) in [5, 5.41) is 9.71. The molecular weight excluding hydrogens is 284 g/mol. The van der Waals surface area contributed by atoms with E-state index < -0.39 is 0 Å². The maximum atomic E-state index is 5.46. The quantitative estimate of drug-likeness (QED) is 0.691. The van der Waals surface area contributed by atoms with E-state index in [4.69, 9.17) is 4.74 Å². The SMILES string of the molecule is Cc1nnc2sc3c(C4CCOCC4)ncnc3c2c1C. The molecule has 0 saturated carbocycles. The molecule has 4 rings (SSSR count). The van der Waals surface area contributed by atoms with E-state index in [1.165, 1.54) is 10.3 Å². The number of aromatic nitrogens is 4. The molecule has 3 aromatic rings. The molecule has 108 valence electrons. The Hall–Kier alpha value is -1.66. The van der Waals surface area contributed by atoms with Gasteiger partial charge in [-0.2, -0.15) is 5.10 Å². The molecule has 1 saturated heterocycles. The Morgan fingerprint density at radius 3 is 2.76 bits per heavy atom. The van der Waals surface area contributed by atoms with E-state index in [0.717, 1.165) is 53.2 Å². The lowest BCUT2D eigenvalue weighted by Crippen LogP contribution is -2.15. The van der Waals surface area contributed by atoms with Crippen molar-refractivity contribution in [1.82, 2.24) is 20.2 Å². The van der Waals surface area contributed by atoms with Gasteiger partial charge in [0.1, 0.15) is 11.2 Å². The second-order valence-corrected chi connectivity index (χ2v) is 6.51. The molecule has 0 atom stereocenters. The Labute approximate surface area is 126 Å². The zero-order valence-corrected chi connectivity index (χ0v) is 12.9. The van der Waals surface area contributed by atoms with Crippen molar-refractivity contribution in [3.8, 4) is 0 Å². The largest absolute Gasteiger partial charge is 0.381 e. The fourth-order valence-corrected chi connectivity index (χ4v) is 4.16. The molecule has 4 heterocycles. The van der Waals surface area contributed by atoms with Gasteiger partial charge < -0.3 is 4.74 Å². The van der Waals surface area contributed by atoms with Gasteiger partial charge in [-0.05, 0) is 32.3 Å². The molecule has 0 N–H and O–H groups in total. The van der Waals surface area contributed by atoms with Crippen LogP contribution in [0.1, 0.15) is 35.7 Å². The van der Waals surface area contributed by atoms with Gasteiger partial charge in [0.25, 0.3) is 0 Å². The van der Waals surface area contributed by atoms with Crippen molar-refractivity contribution in [2.45, 2.75) is 32.6 Å². The standard InChI is InChI=1S/C15H16N4OS/c1-8-9(2)18-19-15-11(8)13-14(21-15)12(16-7-17-13)10-3-5-20-6-4-10/h7,10H,3-6H2,1-2H3. The van der Waals surface area contributed by atoms with Crippen molar-refractivity contribution in [3.63, 3.8) is 0 Å². The number of ether oxygens (including phenoxy) is 1. The van der Waals surface area contributed by atoms with Crippen LogP contribution in [0.5, 0.6) is 0 Å². The van der Waals surface area contributed by atoms with Gasteiger partial charge in [-0.1, -0.05) is 0 Å². The van der Waals surface area contributed by atoms with E-state index in [1.54, 1.807) is 17.7 Å². The van der Waals surface area contributed by atoms with Crippen LogP contribution in [0.2, 0.25) is 0 Å². The Bertz CT molecular complexity index is 823. The minimum Gasteiger partial charge on any atom is -0.381 e. The molecule has 0 bridgehead atoms. The average molecular weight is 300 g/mol. The first-order valence-corrected chi connectivity index (χ1v) is 8.02. The minimum absolute atomic E-state index is 0.465. The third-order valence-corrected chi connectivity index (χ3v) is 5.38. The number of rotatable bonds is 1. The summed E-state index contributed by atoms with van der Waals surface area (Å²) in [4.78, 5) is 10.1. The number of fused-ring (bicyclic) bond motifs is 3. The zero-order chi connectivity index (χ0) is 14.4. The van der Waals surface area contributed by atoms with Crippen molar-refractivity contribution < 1.29 is 4.74 Å². The lowest BCUT2D eigenvalue weighted by atomic mass is 9.96. The van der Waals surface area contributed by atoms with E-state index in [1.807, 2.05) is 6.92 Å². The normalized spacial score (nSPS) is 16.9. The number of hydrogen-bond acceptors (Lipinski definition) is 6. The molecule has 0 aliphatic carbocycles. The number of nitrogens with zero attached hydrogens (tertiary/aromatic N) is 4. The van der Waals surface area contributed by atoms with Crippen molar-refractivity contribution >= 4 is 31.8 Å². The summed E-state index contributed by atoms with van der Waals surface area (Å²) < 4.78 is 6.63. The van der Waals surface area contributed by atoms with Gasteiger partial charge >= 0.3 is 0 Å². The van der Waals surface area contributed by atoms with Crippen LogP contribution in [0.15, 0.2) is 6.33 Å². The van der Waals surface area contributed by atoms with Crippen molar-refractivity contribution in [3.05, 3.63) is 23.3 Å². The Balaban J connectivity index is 1.99. The molecule has 0 amide bonds. The first kappa shape index (κ1) is 13.0. The average Bonchev–Trinajstić information content (AvgIpc) is 2.91. The smallest absolute Gasteiger partial charge is 0.149 e. The number of thiophene rings is 1. The lowest BCUT2D eigenvalue weighted by Gasteiger charge is -2.21. The second kappa shape index (κ2) is 4.96. The third-order valence-electron chi connectivity index (χ3n) is 4.30. The highest BCUT2D eigenvalue weighted by molar-refractivity contribution is 7.25. The first-order valence-electron chi connectivity index (χ1n) is 7.20. The molecule has 0 unspecified atom stereocenters. The predicted molar refractivity (Wildman–Crippen MR) is 82.8 cm³/mol. The molecule has 1 fully saturated rings. The van der Waals surface area contributed by atoms with E-state index in [2.05, 4.69) is 27.1 Å². The predicted octanol–water partition coefficient (Wildman–Crippen LogP) is 3.15. The fraction of sp³-hybridized carbons (Fsp3) is 0.467. The number of hydrogen-bond donors (Lipinski definition) is 0. The van der Waals surface area contributed by atoms with Gasteiger partial charge in [0.05, 0.1) is 21.6 Å². The van der Waals surface area contributed by atoms with Gasteiger partial charge in [-0.25, -0.2) is 9.97 Å². The van der Waals surface area contributed by atoms with Crippen LogP contribution >= 0.6 is 11.3 Å². The monoisotopic (exact) mass is 300 g/mol. The highest BCUT2D eigenvalue weighted by atomic mass is 32.1. The molecule has 3 aromatic heterocycles. The van der Waals surface area contributed by atoms with Gasteiger partial charge in [-0.15, -0.1) is 16.4 Å². The van der Waals surface area contributed by atoms with E-state index in [9.17, 15) is 0 Å². The maximum Gasteiger partial charge on any atom is 0.149 e. The molecule has 0 radical (unpaired) electrons. The Morgan fingerprint density at radius 1 is 1.14 bits per heavy atom. The van der Waals surface area contributed by atoms with Crippen molar-refractivity contribution in [1.29, 1.82) is 0 Å². The fourth-order valence-electron chi connectivity index (χ4n) is 2.96. The molecule has 21 heavy (non-hydrogen) atoms. The Morgan fingerprint density at radius 2 is 1.95 bits per heavy atom. The van der Waals surface area contributed by atoms with Crippen LogP contribution in [0.3, 0.4) is 0 Å². The molecule has 1 aliphatic heterocycles. The molecule has 5 nitrogen and oxygen atoms in total. The molecule has 1 aliphatic rings. The maximum absolute atomic E-state index is 5.46. The van der Waals surface area contributed by atoms with Gasteiger partial charge in [0, 0.05) is 24.5 Å². The molecule has 6 heteroatoms. The van der Waals surface area contributed by atoms with Gasteiger partial charge in [0.15, 0.2) is 0 Å². The summed E-state index contributed by atoms with van der Waals surface area (Å²) in [5.41, 5.74) is 4.32. The summed E-state index contributed by atoms with van der Waals surface area (Å²) in [7, 11) is 0. The topological polar surface area (TPSA) is 60.8 Å². The van der Waals surface area contributed by atoms with E-state index in [-0.39, 0.29) is 0 Å². The highest BCUT2D eigenvalue weighted by Gasteiger charge is 2.23. The number of aryl methyl sites for hydroxylation is 2. The second-order valence-electron chi connectivity index (χ2n) is 5.52. The first-order chi connectivity index (χ1) is 10.3. The van der Waals surface area contributed by atoms with E-state index >= 15 is 0 Å². The van der Waals surface area contributed by atoms with Gasteiger partial charge in [0.2, 0.25) is 0 Å². The van der Waals surface area contributed by atoms with Crippen LogP contribution in [0.4, 0.5) is 0 Å². The third kappa shape index (κ3) is 2.01. The minimum atomic E-state index is 0.465.